The lowest BCUT2D eigenvalue weighted by Gasteiger charge is -2.32. The molecule has 3 aliphatic carbocycles. The summed E-state index contributed by atoms with van der Waals surface area (Å²) in [5, 5.41) is 3.35. The van der Waals surface area contributed by atoms with Crippen LogP contribution >= 0.6 is 0 Å². The van der Waals surface area contributed by atoms with Crippen LogP contribution in [0, 0.1) is 23.7 Å². The molecular weight excluding hydrogens is 310 g/mol. The van der Waals surface area contributed by atoms with Crippen LogP contribution in [0.2, 0.25) is 0 Å². The molecule has 4 rings (SSSR count). The first-order valence-electron chi connectivity index (χ1n) is 10.2. The molecule has 0 heterocycles. The van der Waals surface area contributed by atoms with Crippen LogP contribution in [-0.2, 0) is 16.0 Å². The van der Waals surface area contributed by atoms with Gasteiger partial charge in [-0.2, -0.15) is 0 Å². The summed E-state index contributed by atoms with van der Waals surface area (Å²) in [6.45, 7) is 1.42. The van der Waals surface area contributed by atoms with Crippen LogP contribution in [0.15, 0.2) is 30.3 Å². The lowest BCUT2D eigenvalue weighted by molar-refractivity contribution is -0.122. The van der Waals surface area contributed by atoms with Crippen molar-refractivity contribution in [3.63, 3.8) is 0 Å². The number of nitrogens with one attached hydrogen (secondary N) is 1. The van der Waals surface area contributed by atoms with Gasteiger partial charge in [-0.05, 0) is 67.8 Å². The van der Waals surface area contributed by atoms with E-state index in [4.69, 9.17) is 4.74 Å². The zero-order valence-corrected chi connectivity index (χ0v) is 15.2. The number of fused-ring (bicyclic) bond motifs is 5. The smallest absolute Gasteiger partial charge is 0.220 e. The van der Waals surface area contributed by atoms with E-state index in [0.29, 0.717) is 19.1 Å². The van der Waals surface area contributed by atoms with Crippen LogP contribution < -0.4 is 5.32 Å². The van der Waals surface area contributed by atoms with Crippen LogP contribution in [0.4, 0.5) is 0 Å². The van der Waals surface area contributed by atoms with Crippen molar-refractivity contribution in [1.82, 2.24) is 5.32 Å². The average molecular weight is 341 g/mol. The molecule has 0 saturated heterocycles. The predicted octanol–water partition coefficient (Wildman–Crippen LogP) is 3.97. The van der Waals surface area contributed by atoms with E-state index in [2.05, 4.69) is 29.6 Å². The topological polar surface area (TPSA) is 38.3 Å². The third-order valence-electron chi connectivity index (χ3n) is 6.85. The summed E-state index contributed by atoms with van der Waals surface area (Å²) in [6.07, 6.45) is 9.28. The summed E-state index contributed by atoms with van der Waals surface area (Å²) in [7, 11) is 0. The highest BCUT2D eigenvalue weighted by molar-refractivity contribution is 5.76. The van der Waals surface area contributed by atoms with Gasteiger partial charge in [-0.25, -0.2) is 0 Å². The van der Waals surface area contributed by atoms with E-state index in [9.17, 15) is 4.79 Å². The van der Waals surface area contributed by atoms with Crippen LogP contribution in [0.5, 0.6) is 0 Å². The Morgan fingerprint density at radius 2 is 1.88 bits per heavy atom. The minimum Gasteiger partial charge on any atom is -0.381 e. The molecule has 0 spiro atoms. The molecule has 3 fully saturated rings. The fourth-order valence-corrected chi connectivity index (χ4v) is 5.78. The summed E-state index contributed by atoms with van der Waals surface area (Å²) in [5.74, 6) is 3.84. The lowest BCUT2D eigenvalue weighted by atomic mass is 9.79. The van der Waals surface area contributed by atoms with Gasteiger partial charge < -0.3 is 10.1 Å². The van der Waals surface area contributed by atoms with Gasteiger partial charge in [0.15, 0.2) is 0 Å². The SMILES string of the molecule is O=C(CCCOCCc1ccccc1)N[C@@H]1C[C@H]2C[C@H]1[C@H]1CCC[C@@H]21. The number of hydrogen-bond donors (Lipinski definition) is 1. The third-order valence-corrected chi connectivity index (χ3v) is 6.85. The number of carbonyl (C=O) groups is 1. The molecule has 1 aromatic carbocycles. The predicted molar refractivity (Wildman–Crippen MR) is 99.2 cm³/mol. The van der Waals surface area contributed by atoms with E-state index in [1.807, 2.05) is 6.07 Å². The molecule has 1 aromatic rings. The Hall–Kier alpha value is -1.35. The highest BCUT2D eigenvalue weighted by atomic mass is 16.5. The lowest BCUT2D eigenvalue weighted by Crippen LogP contribution is -2.42. The summed E-state index contributed by atoms with van der Waals surface area (Å²) in [5.41, 5.74) is 1.31. The summed E-state index contributed by atoms with van der Waals surface area (Å²) in [4.78, 5) is 12.3. The van der Waals surface area contributed by atoms with E-state index in [0.717, 1.165) is 43.1 Å². The number of ether oxygens (including phenoxy) is 1. The van der Waals surface area contributed by atoms with Gasteiger partial charge in [0.05, 0.1) is 6.61 Å². The molecule has 136 valence electrons. The van der Waals surface area contributed by atoms with Crippen molar-refractivity contribution < 1.29 is 9.53 Å². The Labute approximate surface area is 151 Å². The summed E-state index contributed by atoms with van der Waals surface area (Å²) < 4.78 is 5.68. The Balaban J connectivity index is 1.09. The first-order chi connectivity index (χ1) is 12.3. The van der Waals surface area contributed by atoms with E-state index < -0.39 is 0 Å². The second-order valence-corrected chi connectivity index (χ2v) is 8.28. The van der Waals surface area contributed by atoms with E-state index in [1.165, 1.54) is 37.7 Å². The van der Waals surface area contributed by atoms with Crippen molar-refractivity contribution in [2.45, 2.75) is 57.4 Å². The van der Waals surface area contributed by atoms with Crippen LogP contribution in [0.25, 0.3) is 0 Å². The Kier molecular flexibility index (Phi) is 5.40. The van der Waals surface area contributed by atoms with Crippen molar-refractivity contribution in [1.29, 1.82) is 0 Å². The maximum atomic E-state index is 12.3. The molecule has 1 amide bonds. The van der Waals surface area contributed by atoms with Gasteiger partial charge >= 0.3 is 0 Å². The van der Waals surface area contributed by atoms with Gasteiger partial charge in [-0.3, -0.25) is 4.79 Å². The number of hydrogen-bond acceptors (Lipinski definition) is 2. The third kappa shape index (κ3) is 3.92. The minimum absolute atomic E-state index is 0.235. The number of rotatable bonds is 8. The number of benzene rings is 1. The molecule has 0 aromatic heterocycles. The fourth-order valence-electron chi connectivity index (χ4n) is 5.78. The molecule has 3 saturated carbocycles. The van der Waals surface area contributed by atoms with Crippen LogP contribution in [0.1, 0.15) is 50.5 Å². The second kappa shape index (κ2) is 7.90. The van der Waals surface area contributed by atoms with Gasteiger partial charge in [0, 0.05) is 19.1 Å². The molecular formula is C22H31NO2. The molecule has 3 nitrogen and oxygen atoms in total. The molecule has 3 aliphatic rings. The first-order valence-corrected chi connectivity index (χ1v) is 10.2. The molecule has 5 atom stereocenters. The maximum absolute atomic E-state index is 12.3. The summed E-state index contributed by atoms with van der Waals surface area (Å²) in [6, 6.07) is 10.9. The van der Waals surface area contributed by atoms with Gasteiger partial charge in [-0.1, -0.05) is 36.8 Å². The molecule has 25 heavy (non-hydrogen) atoms. The molecule has 3 heteroatoms. The van der Waals surface area contributed by atoms with E-state index in [1.54, 1.807) is 0 Å². The second-order valence-electron chi connectivity index (χ2n) is 8.28. The van der Waals surface area contributed by atoms with Crippen LogP contribution in [-0.4, -0.2) is 25.2 Å². The monoisotopic (exact) mass is 341 g/mol. The van der Waals surface area contributed by atoms with Crippen molar-refractivity contribution in [2.75, 3.05) is 13.2 Å². The standard InChI is InChI=1S/C22H31NO2/c24-22(10-5-12-25-13-11-16-6-2-1-3-7-16)23-21-15-17-14-20(21)19-9-4-8-18(17)19/h1-3,6-7,17-21H,4-5,8-15H2,(H,23,24)/t17-,18+,19+,20+,21-/m1/s1. The maximum Gasteiger partial charge on any atom is 0.220 e. The van der Waals surface area contributed by atoms with Gasteiger partial charge in [0.2, 0.25) is 5.91 Å². The Morgan fingerprint density at radius 1 is 1.04 bits per heavy atom. The first kappa shape index (κ1) is 17.1. The Morgan fingerprint density at radius 3 is 2.76 bits per heavy atom. The van der Waals surface area contributed by atoms with Crippen molar-refractivity contribution in [3.8, 4) is 0 Å². The van der Waals surface area contributed by atoms with E-state index in [-0.39, 0.29) is 5.91 Å². The number of carbonyl (C=O) groups excluding carboxylic acids is 1. The van der Waals surface area contributed by atoms with Gasteiger partial charge in [-0.15, -0.1) is 0 Å². The zero-order chi connectivity index (χ0) is 17.1. The molecule has 2 bridgehead atoms. The summed E-state index contributed by atoms with van der Waals surface area (Å²) >= 11 is 0. The molecule has 1 N–H and O–H groups in total. The van der Waals surface area contributed by atoms with Gasteiger partial charge in [0.25, 0.3) is 0 Å². The average Bonchev–Trinajstić information content (AvgIpc) is 3.32. The largest absolute Gasteiger partial charge is 0.381 e. The molecule has 0 aliphatic heterocycles. The molecule has 0 unspecified atom stereocenters. The highest BCUT2D eigenvalue weighted by Gasteiger charge is 2.53. The quantitative estimate of drug-likeness (QED) is 0.727. The molecule has 0 radical (unpaired) electrons. The van der Waals surface area contributed by atoms with E-state index >= 15 is 0 Å². The fraction of sp³-hybridized carbons (Fsp3) is 0.682. The number of amides is 1. The zero-order valence-electron chi connectivity index (χ0n) is 15.2. The Bertz CT molecular complexity index is 573. The highest BCUT2D eigenvalue weighted by Crippen LogP contribution is 2.58. The van der Waals surface area contributed by atoms with Crippen molar-refractivity contribution >= 4 is 5.91 Å². The van der Waals surface area contributed by atoms with Crippen LogP contribution in [0.3, 0.4) is 0 Å². The van der Waals surface area contributed by atoms with Crippen molar-refractivity contribution in [3.05, 3.63) is 35.9 Å². The van der Waals surface area contributed by atoms with Gasteiger partial charge in [0.1, 0.15) is 0 Å². The van der Waals surface area contributed by atoms with Crippen molar-refractivity contribution in [2.24, 2.45) is 23.7 Å². The minimum atomic E-state index is 0.235. The normalized spacial score (nSPS) is 32.7.